The Labute approximate surface area is 71.8 Å². The van der Waals surface area contributed by atoms with Crippen molar-refractivity contribution < 1.29 is 9.84 Å². The Kier molecular flexibility index (Phi) is 1.77. The van der Waals surface area contributed by atoms with Crippen LogP contribution in [0.1, 0.15) is 17.5 Å². The van der Waals surface area contributed by atoms with Crippen molar-refractivity contribution in [1.29, 1.82) is 0 Å². The summed E-state index contributed by atoms with van der Waals surface area (Å²) in [5, 5.41) is 9.46. The zero-order chi connectivity index (χ0) is 8.55. The Hall–Kier alpha value is -1.02. The van der Waals surface area contributed by atoms with E-state index in [1.54, 1.807) is 7.11 Å². The molecule has 2 heteroatoms. The highest BCUT2D eigenvalue weighted by atomic mass is 16.5. The highest BCUT2D eigenvalue weighted by Gasteiger charge is 2.21. The Morgan fingerprint density at radius 3 is 2.92 bits per heavy atom. The molecule has 2 nitrogen and oxygen atoms in total. The molecule has 0 aromatic heterocycles. The van der Waals surface area contributed by atoms with E-state index in [-0.39, 0.29) is 0 Å². The first-order valence-electron chi connectivity index (χ1n) is 4.03. The maximum Gasteiger partial charge on any atom is 0.123 e. The topological polar surface area (TPSA) is 29.5 Å². The number of methoxy groups -OCH3 is 1. The third-order valence-corrected chi connectivity index (χ3v) is 2.26. The molecule has 0 aliphatic heterocycles. The molecule has 0 saturated heterocycles. The SMILES string of the molecule is COc1ccc2c(c1)[C](O)CC2. The molecule has 0 atom stereocenters. The van der Waals surface area contributed by atoms with Crippen LogP contribution < -0.4 is 4.74 Å². The van der Waals surface area contributed by atoms with E-state index < -0.39 is 0 Å². The van der Waals surface area contributed by atoms with Gasteiger partial charge < -0.3 is 9.84 Å². The quantitative estimate of drug-likeness (QED) is 0.685. The molecule has 1 radical (unpaired) electrons. The molecule has 0 unspecified atom stereocenters. The summed E-state index contributed by atoms with van der Waals surface area (Å²) in [6.07, 6.45) is 2.21. The van der Waals surface area contributed by atoms with Gasteiger partial charge in [-0.05, 0) is 36.1 Å². The van der Waals surface area contributed by atoms with E-state index in [0.717, 1.165) is 24.2 Å². The van der Waals surface area contributed by atoms with Crippen LogP contribution in [0.15, 0.2) is 18.2 Å². The molecule has 0 spiro atoms. The molecule has 0 heterocycles. The van der Waals surface area contributed by atoms with Gasteiger partial charge in [-0.1, -0.05) is 6.07 Å². The largest absolute Gasteiger partial charge is 0.497 e. The first-order chi connectivity index (χ1) is 5.81. The summed E-state index contributed by atoms with van der Waals surface area (Å²) in [6, 6.07) is 5.83. The Bertz CT molecular complexity index is 294. The molecule has 0 bridgehead atoms. The van der Waals surface area contributed by atoms with Gasteiger partial charge in [-0.3, -0.25) is 0 Å². The lowest BCUT2D eigenvalue weighted by Gasteiger charge is -2.04. The molecule has 2 rings (SSSR count). The predicted molar refractivity (Wildman–Crippen MR) is 45.6 cm³/mol. The van der Waals surface area contributed by atoms with E-state index in [2.05, 4.69) is 0 Å². The summed E-state index contributed by atoms with van der Waals surface area (Å²) >= 11 is 0. The molecule has 63 valence electrons. The number of hydrogen-bond acceptors (Lipinski definition) is 2. The van der Waals surface area contributed by atoms with Crippen LogP contribution >= 0.6 is 0 Å². The van der Waals surface area contributed by atoms with Crippen LogP contribution in [0, 0.1) is 6.10 Å². The molecule has 0 saturated carbocycles. The molecular formula is C10H11O2. The van der Waals surface area contributed by atoms with E-state index in [9.17, 15) is 5.11 Å². The average Bonchev–Trinajstić information content (AvgIpc) is 2.47. The van der Waals surface area contributed by atoms with Crippen molar-refractivity contribution in [3.05, 3.63) is 35.4 Å². The number of rotatable bonds is 1. The van der Waals surface area contributed by atoms with Gasteiger partial charge in [0, 0.05) is 0 Å². The minimum atomic E-state index is 0.490. The first-order valence-corrected chi connectivity index (χ1v) is 4.03. The Morgan fingerprint density at radius 2 is 2.17 bits per heavy atom. The van der Waals surface area contributed by atoms with Crippen LogP contribution in [0.2, 0.25) is 0 Å². The predicted octanol–water partition coefficient (Wildman–Crippen LogP) is 1.89. The minimum Gasteiger partial charge on any atom is -0.497 e. The van der Waals surface area contributed by atoms with Gasteiger partial charge in [0.25, 0.3) is 0 Å². The van der Waals surface area contributed by atoms with Gasteiger partial charge >= 0.3 is 0 Å². The van der Waals surface area contributed by atoms with Crippen molar-refractivity contribution >= 4 is 0 Å². The maximum absolute atomic E-state index is 9.46. The summed E-state index contributed by atoms with van der Waals surface area (Å²) < 4.78 is 5.06. The van der Waals surface area contributed by atoms with E-state index in [1.807, 2.05) is 18.2 Å². The van der Waals surface area contributed by atoms with Gasteiger partial charge in [0.2, 0.25) is 0 Å². The lowest BCUT2D eigenvalue weighted by Crippen LogP contribution is -1.92. The van der Waals surface area contributed by atoms with Gasteiger partial charge in [0.15, 0.2) is 0 Å². The zero-order valence-corrected chi connectivity index (χ0v) is 7.00. The second-order valence-electron chi connectivity index (χ2n) is 2.97. The molecular weight excluding hydrogens is 152 g/mol. The fourth-order valence-corrected chi connectivity index (χ4v) is 1.56. The maximum atomic E-state index is 9.46. The Morgan fingerprint density at radius 1 is 1.33 bits per heavy atom. The monoisotopic (exact) mass is 163 g/mol. The smallest absolute Gasteiger partial charge is 0.123 e. The number of aliphatic hydroxyl groups excluding tert-OH is 1. The summed E-state index contributed by atoms with van der Waals surface area (Å²) in [6.45, 7) is 0. The van der Waals surface area contributed by atoms with Crippen LogP contribution in [0.5, 0.6) is 5.75 Å². The minimum absolute atomic E-state index is 0.490. The number of hydrogen-bond donors (Lipinski definition) is 1. The highest BCUT2D eigenvalue weighted by molar-refractivity contribution is 5.45. The van der Waals surface area contributed by atoms with Gasteiger partial charge in [-0.25, -0.2) is 0 Å². The normalized spacial score (nSPS) is 16.2. The van der Waals surface area contributed by atoms with Crippen molar-refractivity contribution in [3.8, 4) is 5.75 Å². The van der Waals surface area contributed by atoms with Gasteiger partial charge in [-0.2, -0.15) is 0 Å². The summed E-state index contributed by atoms with van der Waals surface area (Å²) in [5.74, 6) is 0.808. The van der Waals surface area contributed by atoms with E-state index >= 15 is 0 Å². The number of aryl methyl sites for hydroxylation is 1. The van der Waals surface area contributed by atoms with Crippen LogP contribution in [-0.2, 0) is 6.42 Å². The number of ether oxygens (including phenoxy) is 1. The van der Waals surface area contributed by atoms with Crippen molar-refractivity contribution in [2.45, 2.75) is 12.8 Å². The molecule has 0 fully saturated rings. The fourth-order valence-electron chi connectivity index (χ4n) is 1.56. The summed E-state index contributed by atoms with van der Waals surface area (Å²) in [4.78, 5) is 0. The lowest BCUT2D eigenvalue weighted by molar-refractivity contribution is 0.323. The van der Waals surface area contributed by atoms with Crippen LogP contribution in [0.3, 0.4) is 0 Å². The number of fused-ring (bicyclic) bond motifs is 1. The highest BCUT2D eigenvalue weighted by Crippen LogP contribution is 2.32. The summed E-state index contributed by atoms with van der Waals surface area (Å²) in [5.41, 5.74) is 2.17. The standard InChI is InChI=1S/C10H11O2/c1-12-8-4-2-7-3-5-10(11)9(7)6-8/h2,4,6,11H,3,5H2,1H3. The molecule has 1 N–H and O–H groups in total. The van der Waals surface area contributed by atoms with E-state index in [1.165, 1.54) is 5.56 Å². The Balaban J connectivity index is 2.43. The van der Waals surface area contributed by atoms with Gasteiger partial charge in [0.1, 0.15) is 11.9 Å². The fraction of sp³-hybridized carbons (Fsp3) is 0.300. The van der Waals surface area contributed by atoms with E-state index in [4.69, 9.17) is 4.74 Å². The molecule has 1 aromatic carbocycles. The molecule has 12 heavy (non-hydrogen) atoms. The molecule has 0 amide bonds. The third-order valence-electron chi connectivity index (χ3n) is 2.26. The molecule has 1 aliphatic rings. The van der Waals surface area contributed by atoms with E-state index in [0.29, 0.717) is 6.10 Å². The van der Waals surface area contributed by atoms with Crippen molar-refractivity contribution in [2.24, 2.45) is 0 Å². The number of aliphatic hydroxyl groups is 1. The van der Waals surface area contributed by atoms with Crippen molar-refractivity contribution in [2.75, 3.05) is 7.11 Å². The second-order valence-corrected chi connectivity index (χ2v) is 2.97. The second kappa shape index (κ2) is 2.79. The van der Waals surface area contributed by atoms with Crippen LogP contribution in [0.4, 0.5) is 0 Å². The van der Waals surface area contributed by atoms with Gasteiger partial charge in [-0.15, -0.1) is 0 Å². The molecule has 1 aromatic rings. The number of benzene rings is 1. The lowest BCUT2D eigenvalue weighted by atomic mass is 10.1. The van der Waals surface area contributed by atoms with Crippen LogP contribution in [-0.4, -0.2) is 12.2 Å². The first kappa shape index (κ1) is 7.62. The third kappa shape index (κ3) is 1.08. The van der Waals surface area contributed by atoms with Crippen molar-refractivity contribution in [3.63, 3.8) is 0 Å². The zero-order valence-electron chi connectivity index (χ0n) is 7.00. The van der Waals surface area contributed by atoms with Crippen LogP contribution in [0.25, 0.3) is 0 Å². The molecule has 1 aliphatic carbocycles. The van der Waals surface area contributed by atoms with Gasteiger partial charge in [0.05, 0.1) is 7.11 Å². The summed E-state index contributed by atoms with van der Waals surface area (Å²) in [7, 11) is 1.63. The van der Waals surface area contributed by atoms with Crippen molar-refractivity contribution in [1.82, 2.24) is 0 Å². The average molecular weight is 163 g/mol.